The highest BCUT2D eigenvalue weighted by Crippen LogP contribution is 2.49. The van der Waals surface area contributed by atoms with Crippen LogP contribution in [0.1, 0.15) is 19.3 Å². The summed E-state index contributed by atoms with van der Waals surface area (Å²) in [7, 11) is 0. The van der Waals surface area contributed by atoms with Gasteiger partial charge in [-0.15, -0.1) is 0 Å². The molecule has 1 aromatic carbocycles. The third kappa shape index (κ3) is 3.29. The van der Waals surface area contributed by atoms with Gasteiger partial charge in [-0.25, -0.2) is 0 Å². The molecular formula is C12H14Cl2N2O3. The first-order valence-corrected chi connectivity index (χ1v) is 6.71. The lowest BCUT2D eigenvalue weighted by molar-refractivity contribution is -0.383. The molecule has 0 unspecified atom stereocenters. The van der Waals surface area contributed by atoms with Crippen molar-refractivity contribution in [3.05, 3.63) is 32.3 Å². The number of nitrogens with one attached hydrogen (secondary N) is 1. The SMILES string of the molecule is O=[N+]([O-])c1cc(Cl)c(Cl)cc1NCC1(CCO)CC1. The predicted octanol–water partition coefficient (Wildman–Crippen LogP) is 3.48. The maximum Gasteiger partial charge on any atom is 0.293 e. The number of anilines is 1. The maximum atomic E-state index is 11.0. The fraction of sp³-hybridized carbons (Fsp3) is 0.500. The second-order valence-corrected chi connectivity index (χ2v) is 5.68. The van der Waals surface area contributed by atoms with Crippen LogP contribution in [0.4, 0.5) is 11.4 Å². The molecule has 1 aliphatic rings. The van der Waals surface area contributed by atoms with Crippen molar-refractivity contribution < 1.29 is 10.0 Å². The average molecular weight is 305 g/mol. The molecular weight excluding hydrogens is 291 g/mol. The van der Waals surface area contributed by atoms with Gasteiger partial charge < -0.3 is 10.4 Å². The first-order valence-electron chi connectivity index (χ1n) is 5.96. The van der Waals surface area contributed by atoms with E-state index in [0.717, 1.165) is 12.8 Å². The monoisotopic (exact) mass is 304 g/mol. The van der Waals surface area contributed by atoms with Gasteiger partial charge in [-0.2, -0.15) is 0 Å². The van der Waals surface area contributed by atoms with E-state index in [-0.39, 0.29) is 27.8 Å². The van der Waals surface area contributed by atoms with Crippen LogP contribution in [-0.4, -0.2) is 23.2 Å². The summed E-state index contributed by atoms with van der Waals surface area (Å²) < 4.78 is 0. The van der Waals surface area contributed by atoms with E-state index >= 15 is 0 Å². The van der Waals surface area contributed by atoms with E-state index in [2.05, 4.69) is 5.32 Å². The summed E-state index contributed by atoms with van der Waals surface area (Å²) in [6, 6.07) is 2.72. The van der Waals surface area contributed by atoms with Crippen molar-refractivity contribution in [2.75, 3.05) is 18.5 Å². The molecule has 1 saturated carbocycles. The largest absolute Gasteiger partial charge is 0.396 e. The molecule has 0 bridgehead atoms. The van der Waals surface area contributed by atoms with Gasteiger partial charge in [0.1, 0.15) is 5.69 Å². The summed E-state index contributed by atoms with van der Waals surface area (Å²) in [6.45, 7) is 0.720. The van der Waals surface area contributed by atoms with Crippen LogP contribution in [0, 0.1) is 15.5 Å². The molecule has 2 rings (SSSR count). The zero-order chi connectivity index (χ0) is 14.0. The van der Waals surface area contributed by atoms with Gasteiger partial charge in [0.05, 0.1) is 15.0 Å². The van der Waals surface area contributed by atoms with Crippen LogP contribution in [0.3, 0.4) is 0 Å². The lowest BCUT2D eigenvalue weighted by Crippen LogP contribution is -2.17. The molecule has 0 atom stereocenters. The molecule has 0 radical (unpaired) electrons. The molecule has 0 heterocycles. The highest BCUT2D eigenvalue weighted by Gasteiger charge is 2.41. The zero-order valence-corrected chi connectivity index (χ0v) is 11.7. The molecule has 1 aromatic rings. The fourth-order valence-electron chi connectivity index (χ4n) is 2.04. The minimum Gasteiger partial charge on any atom is -0.396 e. The van der Waals surface area contributed by atoms with Crippen LogP contribution in [0.25, 0.3) is 0 Å². The number of halogens is 2. The second kappa shape index (κ2) is 5.53. The maximum absolute atomic E-state index is 11.0. The molecule has 104 valence electrons. The summed E-state index contributed by atoms with van der Waals surface area (Å²) in [5.74, 6) is 0. The summed E-state index contributed by atoms with van der Waals surface area (Å²) in [5.41, 5.74) is 0.340. The Bertz CT molecular complexity index is 504. The Morgan fingerprint density at radius 1 is 1.37 bits per heavy atom. The molecule has 0 aromatic heterocycles. The number of nitrogens with zero attached hydrogens (tertiary/aromatic N) is 1. The van der Waals surface area contributed by atoms with E-state index in [1.54, 1.807) is 0 Å². The highest BCUT2D eigenvalue weighted by molar-refractivity contribution is 6.42. The molecule has 0 amide bonds. The van der Waals surface area contributed by atoms with Gasteiger partial charge in [-0.05, 0) is 30.7 Å². The van der Waals surface area contributed by atoms with Crippen molar-refractivity contribution in [3.63, 3.8) is 0 Å². The smallest absolute Gasteiger partial charge is 0.293 e. The number of aliphatic hydroxyl groups excluding tert-OH is 1. The highest BCUT2D eigenvalue weighted by atomic mass is 35.5. The number of benzene rings is 1. The molecule has 2 N–H and O–H groups in total. The molecule has 7 heteroatoms. The molecule has 19 heavy (non-hydrogen) atoms. The molecule has 1 aliphatic carbocycles. The van der Waals surface area contributed by atoms with E-state index in [1.165, 1.54) is 12.1 Å². The van der Waals surface area contributed by atoms with Crippen LogP contribution in [0.15, 0.2) is 12.1 Å². The molecule has 1 fully saturated rings. The van der Waals surface area contributed by atoms with Crippen molar-refractivity contribution in [1.82, 2.24) is 0 Å². The van der Waals surface area contributed by atoms with Gasteiger partial charge in [-0.1, -0.05) is 23.2 Å². The van der Waals surface area contributed by atoms with Gasteiger partial charge in [-0.3, -0.25) is 10.1 Å². The summed E-state index contributed by atoms with van der Waals surface area (Å²) >= 11 is 11.7. The van der Waals surface area contributed by atoms with Gasteiger partial charge >= 0.3 is 0 Å². The minimum absolute atomic E-state index is 0.0642. The Labute approximate surface area is 120 Å². The van der Waals surface area contributed by atoms with E-state index in [1.807, 2.05) is 0 Å². The summed E-state index contributed by atoms with van der Waals surface area (Å²) in [5, 5.41) is 23.5. The van der Waals surface area contributed by atoms with E-state index in [9.17, 15) is 10.1 Å². The van der Waals surface area contributed by atoms with Crippen molar-refractivity contribution >= 4 is 34.6 Å². The standard InChI is InChI=1S/C12H14Cl2N2O3/c13-8-5-10(11(16(18)19)6-9(8)14)15-7-12(1-2-12)3-4-17/h5-6,15,17H,1-4,7H2. The topological polar surface area (TPSA) is 75.4 Å². The number of rotatable bonds is 6. The van der Waals surface area contributed by atoms with Crippen LogP contribution in [0.5, 0.6) is 0 Å². The third-order valence-corrected chi connectivity index (χ3v) is 4.21. The molecule has 0 aliphatic heterocycles. The second-order valence-electron chi connectivity index (χ2n) is 4.87. The van der Waals surface area contributed by atoms with Crippen molar-refractivity contribution in [2.45, 2.75) is 19.3 Å². The van der Waals surface area contributed by atoms with E-state index in [4.69, 9.17) is 28.3 Å². The lowest BCUT2D eigenvalue weighted by Gasteiger charge is -2.15. The Kier molecular flexibility index (Phi) is 4.18. The van der Waals surface area contributed by atoms with E-state index in [0.29, 0.717) is 18.7 Å². The summed E-state index contributed by atoms with van der Waals surface area (Å²) in [4.78, 5) is 10.5. The fourth-order valence-corrected chi connectivity index (χ4v) is 2.36. The average Bonchev–Trinajstić information content (AvgIpc) is 3.11. The molecule has 0 saturated heterocycles. The van der Waals surface area contributed by atoms with Crippen molar-refractivity contribution in [1.29, 1.82) is 0 Å². The Balaban J connectivity index is 2.15. The van der Waals surface area contributed by atoms with Gasteiger partial charge in [0, 0.05) is 19.2 Å². The van der Waals surface area contributed by atoms with Gasteiger partial charge in [0.2, 0.25) is 0 Å². The number of nitro groups is 1. The van der Waals surface area contributed by atoms with E-state index < -0.39 is 4.92 Å². The Morgan fingerprint density at radius 3 is 2.53 bits per heavy atom. The lowest BCUT2D eigenvalue weighted by atomic mass is 10.0. The third-order valence-electron chi connectivity index (χ3n) is 3.49. The Hall–Kier alpha value is -1.04. The molecule has 0 spiro atoms. The molecule has 5 nitrogen and oxygen atoms in total. The van der Waals surface area contributed by atoms with Gasteiger partial charge in [0.15, 0.2) is 0 Å². The minimum atomic E-state index is -0.490. The van der Waals surface area contributed by atoms with Crippen LogP contribution in [0.2, 0.25) is 10.0 Å². The number of hydrogen-bond donors (Lipinski definition) is 2. The van der Waals surface area contributed by atoms with Crippen molar-refractivity contribution in [2.24, 2.45) is 5.41 Å². The van der Waals surface area contributed by atoms with Crippen molar-refractivity contribution in [3.8, 4) is 0 Å². The number of nitro benzene ring substituents is 1. The predicted molar refractivity (Wildman–Crippen MR) is 75.0 cm³/mol. The quantitative estimate of drug-likeness (QED) is 0.623. The normalized spacial score (nSPS) is 16.2. The van der Waals surface area contributed by atoms with Gasteiger partial charge in [0.25, 0.3) is 5.69 Å². The first-order chi connectivity index (χ1) is 8.97. The summed E-state index contributed by atoms with van der Waals surface area (Å²) in [6.07, 6.45) is 2.75. The van der Waals surface area contributed by atoms with Crippen LogP contribution < -0.4 is 5.32 Å². The van der Waals surface area contributed by atoms with Crippen LogP contribution >= 0.6 is 23.2 Å². The zero-order valence-electron chi connectivity index (χ0n) is 10.2. The first kappa shape index (κ1) is 14.4. The number of hydrogen-bond acceptors (Lipinski definition) is 4. The van der Waals surface area contributed by atoms with Crippen LogP contribution in [-0.2, 0) is 0 Å². The number of aliphatic hydroxyl groups is 1. The Morgan fingerprint density at radius 2 is 2.00 bits per heavy atom.